The Hall–Kier alpha value is -2.44. The number of benzene rings is 2. The second-order valence-electron chi connectivity index (χ2n) is 5.28. The molecule has 2 aromatic rings. The molecular weight excluding hydrogens is 425 g/mol. The number of nitrogens with two attached hydrogens (primary N) is 1. The number of nitrogens with zero attached hydrogens (tertiary/aromatic N) is 1. The van der Waals surface area contributed by atoms with Gasteiger partial charge in [0.1, 0.15) is 11.1 Å². The van der Waals surface area contributed by atoms with Gasteiger partial charge in [0.15, 0.2) is 5.11 Å². The van der Waals surface area contributed by atoms with Crippen LogP contribution >= 0.6 is 47.6 Å². The van der Waals surface area contributed by atoms with Crippen LogP contribution in [0.5, 0.6) is 0 Å². The molecule has 5 N–H and O–H groups in total. The second kappa shape index (κ2) is 8.97. The zero-order chi connectivity index (χ0) is 20.0. The lowest BCUT2D eigenvalue weighted by Gasteiger charge is -2.27. The van der Waals surface area contributed by atoms with Gasteiger partial charge < -0.3 is 21.7 Å². The van der Waals surface area contributed by atoms with Gasteiger partial charge in [-0.1, -0.05) is 47.6 Å². The maximum absolute atomic E-state index is 12.1. The van der Waals surface area contributed by atoms with E-state index in [1.54, 1.807) is 54.6 Å². The predicted molar refractivity (Wildman–Crippen MR) is 116 cm³/mol. The van der Waals surface area contributed by atoms with E-state index in [9.17, 15) is 10.1 Å². The van der Waals surface area contributed by atoms with Gasteiger partial charge in [0.25, 0.3) is 11.4 Å². The maximum Gasteiger partial charge on any atom is 0.265 e. The number of primary amides is 1. The Labute approximate surface area is 176 Å². The summed E-state index contributed by atoms with van der Waals surface area (Å²) in [4.78, 5) is 11.9. The number of anilines is 2. The number of nitriles is 1. The van der Waals surface area contributed by atoms with Crippen LogP contribution in [0.15, 0.2) is 48.5 Å². The van der Waals surface area contributed by atoms with E-state index in [1.165, 1.54) is 0 Å². The molecule has 0 saturated heterocycles. The van der Waals surface area contributed by atoms with Crippen molar-refractivity contribution in [3.63, 3.8) is 0 Å². The van der Waals surface area contributed by atoms with E-state index < -0.39 is 11.4 Å². The number of nitrogens with one attached hydrogen (secondary N) is 3. The molecule has 0 fully saturated rings. The van der Waals surface area contributed by atoms with Crippen molar-refractivity contribution in [2.24, 2.45) is 5.73 Å². The lowest BCUT2D eigenvalue weighted by molar-refractivity contribution is -0.119. The molecule has 10 heteroatoms. The highest BCUT2D eigenvalue weighted by molar-refractivity contribution is 7.81. The topological polar surface area (TPSA) is 103 Å². The molecule has 2 aromatic carbocycles. The first kappa shape index (κ1) is 20.9. The molecule has 0 aliphatic rings. The minimum Gasteiger partial charge on any atom is -0.366 e. The van der Waals surface area contributed by atoms with E-state index in [2.05, 4.69) is 16.0 Å². The Morgan fingerprint density at radius 3 is 2.00 bits per heavy atom. The zero-order valence-corrected chi connectivity index (χ0v) is 16.8. The molecule has 27 heavy (non-hydrogen) atoms. The average molecular weight is 438 g/mol. The molecule has 0 spiro atoms. The molecule has 0 heterocycles. The van der Waals surface area contributed by atoms with Gasteiger partial charge in [-0.05, 0) is 48.6 Å². The first-order valence-electron chi connectivity index (χ1n) is 7.40. The minimum atomic E-state index is -2.07. The summed E-state index contributed by atoms with van der Waals surface area (Å²) in [6.07, 6.45) is 0. The normalized spacial score (nSPS) is 12.2. The molecule has 2 rings (SSSR count). The van der Waals surface area contributed by atoms with Gasteiger partial charge in [0, 0.05) is 21.4 Å². The SMILES string of the molecule is N#CC(NC(=S)Nc1cccc(Cl)c1)(C(N)=O)C(=S)Nc1cccc(Cl)c1. The lowest BCUT2D eigenvalue weighted by atomic mass is 10.0. The van der Waals surface area contributed by atoms with Crippen molar-refractivity contribution < 1.29 is 4.79 Å². The van der Waals surface area contributed by atoms with Crippen molar-refractivity contribution in [3.8, 4) is 6.07 Å². The third-order valence-electron chi connectivity index (χ3n) is 3.34. The lowest BCUT2D eigenvalue weighted by Crippen LogP contribution is -2.63. The number of hydrogen-bond acceptors (Lipinski definition) is 4. The molecule has 0 aliphatic carbocycles. The third kappa shape index (κ3) is 5.28. The zero-order valence-electron chi connectivity index (χ0n) is 13.6. The fraction of sp³-hybridized carbons (Fsp3) is 0.0588. The molecule has 1 unspecified atom stereocenters. The predicted octanol–water partition coefficient (Wildman–Crippen LogP) is 3.47. The molecule has 138 valence electrons. The summed E-state index contributed by atoms with van der Waals surface area (Å²) in [6.45, 7) is 0. The summed E-state index contributed by atoms with van der Waals surface area (Å²) in [6, 6.07) is 15.1. The summed E-state index contributed by atoms with van der Waals surface area (Å²) in [5.74, 6) is -1.01. The number of amides is 1. The maximum atomic E-state index is 12.1. The number of carbonyl (C=O) groups excluding carboxylic acids is 1. The van der Waals surface area contributed by atoms with E-state index in [0.29, 0.717) is 21.4 Å². The van der Waals surface area contributed by atoms with Gasteiger partial charge in [-0.15, -0.1) is 0 Å². The van der Waals surface area contributed by atoms with Crippen molar-refractivity contribution >= 4 is 75.0 Å². The van der Waals surface area contributed by atoms with E-state index in [4.69, 9.17) is 53.4 Å². The Bertz CT molecular complexity index is 947. The van der Waals surface area contributed by atoms with Gasteiger partial charge in [-0.3, -0.25) is 4.79 Å². The van der Waals surface area contributed by atoms with Crippen LogP contribution < -0.4 is 21.7 Å². The highest BCUT2D eigenvalue weighted by Crippen LogP contribution is 2.18. The highest BCUT2D eigenvalue weighted by atomic mass is 35.5. The molecule has 1 atom stereocenters. The first-order chi connectivity index (χ1) is 12.8. The fourth-order valence-corrected chi connectivity index (χ4v) is 3.02. The van der Waals surface area contributed by atoms with Crippen molar-refractivity contribution in [3.05, 3.63) is 58.6 Å². The largest absolute Gasteiger partial charge is 0.366 e. The van der Waals surface area contributed by atoms with E-state index >= 15 is 0 Å². The Kier molecular flexibility index (Phi) is 6.93. The van der Waals surface area contributed by atoms with E-state index in [0.717, 1.165) is 0 Å². The van der Waals surface area contributed by atoms with Crippen molar-refractivity contribution in [2.75, 3.05) is 10.6 Å². The van der Waals surface area contributed by atoms with Crippen LogP contribution in [0.1, 0.15) is 0 Å². The van der Waals surface area contributed by atoms with E-state index in [1.807, 2.05) is 0 Å². The van der Waals surface area contributed by atoms with Crippen LogP contribution in [0.3, 0.4) is 0 Å². The van der Waals surface area contributed by atoms with Crippen LogP contribution in [0.25, 0.3) is 0 Å². The standard InChI is InChI=1S/C17H13Cl2N5OS2/c18-10-3-1-5-12(7-10)22-15(26)17(9-20,14(21)25)24-16(27)23-13-6-2-4-11(19)8-13/h1-8H,(H2,21,25)(H,22,26)(H2,23,24,27). The molecule has 6 nitrogen and oxygen atoms in total. The van der Waals surface area contributed by atoms with Gasteiger partial charge in [-0.25, -0.2) is 0 Å². The first-order valence-corrected chi connectivity index (χ1v) is 8.97. The number of halogens is 2. The van der Waals surface area contributed by atoms with Crippen LogP contribution in [0, 0.1) is 11.3 Å². The van der Waals surface area contributed by atoms with Crippen LogP contribution in [-0.2, 0) is 4.79 Å². The third-order valence-corrected chi connectivity index (χ3v) is 4.43. The minimum absolute atomic E-state index is 0.0344. The summed E-state index contributed by atoms with van der Waals surface area (Å²) in [5, 5.41) is 18.7. The molecule has 0 bridgehead atoms. The smallest absolute Gasteiger partial charge is 0.265 e. The number of carbonyl (C=O) groups is 1. The number of hydrogen-bond donors (Lipinski definition) is 4. The van der Waals surface area contributed by atoms with Crippen molar-refractivity contribution in [1.29, 1.82) is 5.26 Å². The number of thiocarbonyl (C=S) groups is 2. The van der Waals surface area contributed by atoms with Crippen LogP contribution in [-0.4, -0.2) is 21.5 Å². The number of rotatable bonds is 5. The Balaban J connectivity index is 2.22. The molecular formula is C17H13Cl2N5OS2. The molecule has 0 aliphatic heterocycles. The summed E-state index contributed by atoms with van der Waals surface area (Å²) >= 11 is 22.3. The summed E-state index contributed by atoms with van der Waals surface area (Å²) in [7, 11) is 0. The van der Waals surface area contributed by atoms with Crippen molar-refractivity contribution in [1.82, 2.24) is 5.32 Å². The van der Waals surface area contributed by atoms with Crippen molar-refractivity contribution in [2.45, 2.75) is 5.54 Å². The monoisotopic (exact) mass is 437 g/mol. The van der Waals surface area contributed by atoms with Crippen LogP contribution in [0.4, 0.5) is 11.4 Å². The van der Waals surface area contributed by atoms with Gasteiger partial charge in [-0.2, -0.15) is 5.26 Å². The summed E-state index contributed by atoms with van der Waals surface area (Å²) in [5.41, 5.74) is 4.43. The molecule has 0 radical (unpaired) electrons. The fourth-order valence-electron chi connectivity index (χ4n) is 2.05. The second-order valence-corrected chi connectivity index (χ2v) is 6.97. The molecule has 0 aromatic heterocycles. The van der Waals surface area contributed by atoms with Gasteiger partial charge >= 0.3 is 0 Å². The van der Waals surface area contributed by atoms with E-state index in [-0.39, 0.29) is 10.1 Å². The quantitative estimate of drug-likeness (QED) is 0.530. The Morgan fingerprint density at radius 1 is 1.04 bits per heavy atom. The molecule has 0 saturated carbocycles. The van der Waals surface area contributed by atoms with Gasteiger partial charge in [0.2, 0.25) is 0 Å². The Morgan fingerprint density at radius 2 is 1.56 bits per heavy atom. The molecule has 1 amide bonds. The average Bonchev–Trinajstić information content (AvgIpc) is 2.59. The highest BCUT2D eigenvalue weighted by Gasteiger charge is 2.43. The van der Waals surface area contributed by atoms with Crippen LogP contribution in [0.2, 0.25) is 10.0 Å². The summed E-state index contributed by atoms with van der Waals surface area (Å²) < 4.78 is 0. The van der Waals surface area contributed by atoms with Gasteiger partial charge in [0.05, 0.1) is 0 Å².